The third-order valence-electron chi connectivity index (χ3n) is 3.46. The number of rotatable bonds is 5. The number of halogens is 5. The van der Waals surface area contributed by atoms with Crippen LogP contribution in [0.1, 0.15) is 28.4 Å². The number of carbonyl (C=O) groups is 1. The summed E-state index contributed by atoms with van der Waals surface area (Å²) in [6.07, 6.45) is -4.58. The van der Waals surface area contributed by atoms with Crippen molar-refractivity contribution in [3.05, 3.63) is 56.5 Å². The highest BCUT2D eigenvalue weighted by Crippen LogP contribution is 2.35. The van der Waals surface area contributed by atoms with Gasteiger partial charge in [0.05, 0.1) is 16.8 Å². The Morgan fingerprint density at radius 3 is 2.62 bits per heavy atom. The molecule has 0 saturated carbocycles. The van der Waals surface area contributed by atoms with E-state index < -0.39 is 17.6 Å². The van der Waals surface area contributed by atoms with E-state index in [9.17, 15) is 18.0 Å². The smallest absolute Gasteiger partial charge is 0.397 e. The van der Waals surface area contributed by atoms with Gasteiger partial charge in [-0.1, -0.05) is 18.5 Å². The standard InChI is InChI=1S/C17H15BrClF3N2OS/c1-2-26-14-4-3-11(19)5-9(14)8-24-16(25)12-6-10(17(20,21)22)7-13(18)15(12)23/h3-7H,2,8,23H2,1H3,(H,24,25). The summed E-state index contributed by atoms with van der Waals surface area (Å²) in [5.41, 5.74) is 5.31. The second-order valence-electron chi connectivity index (χ2n) is 5.28. The minimum absolute atomic E-state index is 0.0162. The van der Waals surface area contributed by atoms with Gasteiger partial charge in [0.1, 0.15) is 0 Å². The lowest BCUT2D eigenvalue weighted by Crippen LogP contribution is -2.25. The maximum Gasteiger partial charge on any atom is 0.416 e. The molecule has 0 radical (unpaired) electrons. The van der Waals surface area contributed by atoms with E-state index in [1.807, 2.05) is 13.0 Å². The van der Waals surface area contributed by atoms with E-state index in [1.165, 1.54) is 0 Å². The Morgan fingerprint density at radius 1 is 1.31 bits per heavy atom. The van der Waals surface area contributed by atoms with E-state index in [1.54, 1.807) is 23.9 Å². The Labute approximate surface area is 166 Å². The number of hydrogen-bond donors (Lipinski definition) is 2. The highest BCUT2D eigenvalue weighted by atomic mass is 79.9. The van der Waals surface area contributed by atoms with Crippen LogP contribution in [-0.2, 0) is 12.7 Å². The fraction of sp³-hybridized carbons (Fsp3) is 0.235. The monoisotopic (exact) mass is 466 g/mol. The summed E-state index contributed by atoms with van der Waals surface area (Å²) < 4.78 is 38.9. The van der Waals surface area contributed by atoms with Crippen LogP contribution in [0.3, 0.4) is 0 Å². The van der Waals surface area contributed by atoms with Crippen LogP contribution in [0, 0.1) is 0 Å². The van der Waals surface area contributed by atoms with Crippen LogP contribution in [0.4, 0.5) is 18.9 Å². The largest absolute Gasteiger partial charge is 0.416 e. The predicted octanol–water partition coefficient (Wildman–Crippen LogP) is 5.75. The fourth-order valence-electron chi connectivity index (χ4n) is 2.22. The van der Waals surface area contributed by atoms with Gasteiger partial charge in [-0.3, -0.25) is 4.79 Å². The SMILES string of the molecule is CCSc1ccc(Cl)cc1CNC(=O)c1cc(C(F)(F)F)cc(Br)c1N. The summed E-state index contributed by atoms with van der Waals surface area (Å²) in [5.74, 6) is 0.137. The van der Waals surface area contributed by atoms with Crippen LogP contribution < -0.4 is 11.1 Å². The number of alkyl halides is 3. The average molecular weight is 468 g/mol. The van der Waals surface area contributed by atoms with E-state index in [2.05, 4.69) is 21.2 Å². The molecule has 2 aromatic carbocycles. The first-order valence-corrected chi connectivity index (χ1v) is 9.64. The zero-order valence-electron chi connectivity index (χ0n) is 13.6. The van der Waals surface area contributed by atoms with Crippen molar-refractivity contribution in [2.24, 2.45) is 0 Å². The van der Waals surface area contributed by atoms with Gasteiger partial charge in [0.2, 0.25) is 0 Å². The van der Waals surface area contributed by atoms with E-state index in [4.69, 9.17) is 17.3 Å². The molecule has 0 aliphatic carbocycles. The molecule has 0 fully saturated rings. The number of nitrogens with one attached hydrogen (secondary N) is 1. The Balaban J connectivity index is 2.26. The summed E-state index contributed by atoms with van der Waals surface area (Å²) in [4.78, 5) is 13.3. The van der Waals surface area contributed by atoms with Crippen LogP contribution in [0.15, 0.2) is 39.7 Å². The van der Waals surface area contributed by atoms with Gasteiger partial charge in [-0.2, -0.15) is 13.2 Å². The quantitative estimate of drug-likeness (QED) is 0.435. The maximum absolute atomic E-state index is 13.0. The summed E-state index contributed by atoms with van der Waals surface area (Å²) in [7, 11) is 0. The molecule has 2 aromatic rings. The second kappa shape index (κ2) is 8.54. The zero-order valence-corrected chi connectivity index (χ0v) is 16.7. The summed E-state index contributed by atoms with van der Waals surface area (Å²) >= 11 is 10.5. The fourth-order valence-corrected chi connectivity index (χ4v) is 3.67. The molecule has 3 nitrogen and oxygen atoms in total. The van der Waals surface area contributed by atoms with Crippen LogP contribution in [0.5, 0.6) is 0 Å². The molecule has 0 atom stereocenters. The van der Waals surface area contributed by atoms with Crippen molar-refractivity contribution >= 4 is 50.9 Å². The van der Waals surface area contributed by atoms with E-state index >= 15 is 0 Å². The van der Waals surface area contributed by atoms with Gasteiger partial charge >= 0.3 is 6.18 Å². The van der Waals surface area contributed by atoms with Gasteiger partial charge in [-0.25, -0.2) is 0 Å². The lowest BCUT2D eigenvalue weighted by Gasteiger charge is -2.14. The molecule has 0 aliphatic rings. The summed E-state index contributed by atoms with van der Waals surface area (Å²) in [6.45, 7) is 2.11. The van der Waals surface area contributed by atoms with Gasteiger partial charge < -0.3 is 11.1 Å². The molecule has 0 bridgehead atoms. The predicted molar refractivity (Wildman–Crippen MR) is 103 cm³/mol. The van der Waals surface area contributed by atoms with Crippen molar-refractivity contribution in [2.75, 3.05) is 11.5 Å². The highest BCUT2D eigenvalue weighted by molar-refractivity contribution is 9.10. The van der Waals surface area contributed by atoms with E-state index in [0.29, 0.717) is 5.02 Å². The molecule has 0 saturated heterocycles. The van der Waals surface area contributed by atoms with Crippen LogP contribution in [0.2, 0.25) is 5.02 Å². The summed E-state index contributed by atoms with van der Waals surface area (Å²) in [5, 5.41) is 3.12. The molecule has 9 heteroatoms. The average Bonchev–Trinajstić information content (AvgIpc) is 2.56. The van der Waals surface area contributed by atoms with E-state index in [-0.39, 0.29) is 22.3 Å². The van der Waals surface area contributed by atoms with Crippen molar-refractivity contribution in [3.63, 3.8) is 0 Å². The maximum atomic E-state index is 13.0. The Hall–Kier alpha value is -1.38. The van der Waals surface area contributed by atoms with Crippen LogP contribution in [0.25, 0.3) is 0 Å². The van der Waals surface area contributed by atoms with Gasteiger partial charge in [-0.05, 0) is 57.6 Å². The number of benzene rings is 2. The lowest BCUT2D eigenvalue weighted by atomic mass is 10.1. The number of nitrogens with two attached hydrogens (primary N) is 1. The van der Waals surface area contributed by atoms with Crippen LogP contribution in [-0.4, -0.2) is 11.7 Å². The molecule has 0 aromatic heterocycles. The normalized spacial score (nSPS) is 11.5. The number of hydrogen-bond acceptors (Lipinski definition) is 3. The number of anilines is 1. The topological polar surface area (TPSA) is 55.1 Å². The highest BCUT2D eigenvalue weighted by Gasteiger charge is 2.32. The van der Waals surface area contributed by atoms with Gasteiger partial charge in [0.15, 0.2) is 0 Å². The van der Waals surface area contributed by atoms with Gasteiger partial charge in [-0.15, -0.1) is 11.8 Å². The molecule has 140 valence electrons. The molecule has 0 heterocycles. The van der Waals surface area contributed by atoms with Crippen LogP contribution >= 0.6 is 39.3 Å². The molecule has 2 rings (SSSR count). The minimum atomic E-state index is -4.58. The van der Waals surface area contributed by atoms with E-state index in [0.717, 1.165) is 28.3 Å². The van der Waals surface area contributed by atoms with Gasteiger partial charge in [0, 0.05) is 20.9 Å². The van der Waals surface area contributed by atoms with Gasteiger partial charge in [0.25, 0.3) is 5.91 Å². The lowest BCUT2D eigenvalue weighted by molar-refractivity contribution is -0.137. The van der Waals surface area contributed by atoms with Crippen molar-refractivity contribution in [1.29, 1.82) is 0 Å². The first kappa shape index (κ1) is 20.9. The molecule has 0 unspecified atom stereocenters. The Kier molecular flexibility index (Phi) is 6.87. The third-order valence-corrected chi connectivity index (χ3v) is 5.35. The summed E-state index contributed by atoms with van der Waals surface area (Å²) in [6, 6.07) is 6.89. The Bertz CT molecular complexity index is 830. The number of carbonyl (C=O) groups excluding carboxylic acids is 1. The minimum Gasteiger partial charge on any atom is -0.397 e. The first-order chi connectivity index (χ1) is 12.1. The molecule has 0 aliphatic heterocycles. The Morgan fingerprint density at radius 2 is 2.00 bits per heavy atom. The number of amides is 1. The molecular weight excluding hydrogens is 453 g/mol. The third kappa shape index (κ3) is 5.08. The molecule has 0 spiro atoms. The number of nitrogen functional groups attached to an aromatic ring is 1. The molecular formula is C17H15BrClF3N2OS. The van der Waals surface area contributed by atoms with Crippen molar-refractivity contribution < 1.29 is 18.0 Å². The zero-order chi connectivity index (χ0) is 19.5. The first-order valence-electron chi connectivity index (χ1n) is 7.49. The second-order valence-corrected chi connectivity index (χ2v) is 7.88. The molecule has 26 heavy (non-hydrogen) atoms. The molecule has 1 amide bonds. The molecule has 3 N–H and O–H groups in total. The van der Waals surface area contributed by atoms with Crippen molar-refractivity contribution in [2.45, 2.75) is 24.5 Å². The van der Waals surface area contributed by atoms with Crippen molar-refractivity contribution in [3.8, 4) is 0 Å². The van der Waals surface area contributed by atoms with Crippen molar-refractivity contribution in [1.82, 2.24) is 5.32 Å². The number of thioether (sulfide) groups is 1.